The lowest BCUT2D eigenvalue weighted by atomic mass is 9.90. The standard InChI is InChI=1S/C15H29NO/c1-2-3-4-5-7-14-8-6-9-15(14)16-10-13(11-16)12-17/h13-15,17H,2-12H2,1H3/t14-,15+/m0/s1. The molecule has 1 heterocycles. The van der Waals surface area contributed by atoms with E-state index in [0.717, 1.165) is 25.0 Å². The first-order chi connectivity index (χ1) is 8.35. The monoisotopic (exact) mass is 239 g/mol. The highest BCUT2D eigenvalue weighted by Crippen LogP contribution is 2.36. The van der Waals surface area contributed by atoms with Gasteiger partial charge in [-0.3, -0.25) is 4.90 Å². The van der Waals surface area contributed by atoms with E-state index in [-0.39, 0.29) is 0 Å². The molecule has 0 bridgehead atoms. The smallest absolute Gasteiger partial charge is 0.0483 e. The molecule has 1 aliphatic carbocycles. The molecule has 0 unspecified atom stereocenters. The van der Waals surface area contributed by atoms with E-state index in [4.69, 9.17) is 5.11 Å². The van der Waals surface area contributed by atoms with Gasteiger partial charge in [-0.2, -0.15) is 0 Å². The van der Waals surface area contributed by atoms with Gasteiger partial charge in [-0.25, -0.2) is 0 Å². The highest BCUT2D eigenvalue weighted by atomic mass is 16.3. The molecule has 0 amide bonds. The van der Waals surface area contributed by atoms with Gasteiger partial charge < -0.3 is 5.11 Å². The van der Waals surface area contributed by atoms with Gasteiger partial charge in [0.25, 0.3) is 0 Å². The summed E-state index contributed by atoms with van der Waals surface area (Å²) in [6, 6.07) is 0.861. The molecular weight excluding hydrogens is 210 g/mol. The maximum Gasteiger partial charge on any atom is 0.0483 e. The van der Waals surface area contributed by atoms with Crippen molar-refractivity contribution >= 4 is 0 Å². The summed E-state index contributed by atoms with van der Waals surface area (Å²) in [7, 11) is 0. The Balaban J connectivity index is 1.67. The first-order valence-corrected chi connectivity index (χ1v) is 7.70. The summed E-state index contributed by atoms with van der Waals surface area (Å²) < 4.78 is 0. The quantitative estimate of drug-likeness (QED) is 0.690. The molecule has 0 aromatic heterocycles. The Morgan fingerprint density at radius 2 is 1.94 bits per heavy atom. The zero-order chi connectivity index (χ0) is 12.1. The van der Waals surface area contributed by atoms with Crippen molar-refractivity contribution in [3.05, 3.63) is 0 Å². The maximum absolute atomic E-state index is 9.09. The van der Waals surface area contributed by atoms with E-state index >= 15 is 0 Å². The summed E-state index contributed by atoms with van der Waals surface area (Å²) in [5, 5.41) is 9.09. The lowest BCUT2D eigenvalue weighted by Gasteiger charge is -2.44. The van der Waals surface area contributed by atoms with E-state index in [2.05, 4.69) is 11.8 Å². The zero-order valence-corrected chi connectivity index (χ0v) is 11.4. The molecule has 1 N–H and O–H groups in total. The number of nitrogens with zero attached hydrogens (tertiary/aromatic N) is 1. The van der Waals surface area contributed by atoms with Crippen molar-refractivity contribution < 1.29 is 5.11 Å². The van der Waals surface area contributed by atoms with Gasteiger partial charge in [0, 0.05) is 31.7 Å². The molecule has 1 saturated carbocycles. The van der Waals surface area contributed by atoms with Gasteiger partial charge >= 0.3 is 0 Å². The summed E-state index contributed by atoms with van der Waals surface area (Å²) in [6.45, 7) is 5.00. The molecule has 2 rings (SSSR count). The van der Waals surface area contributed by atoms with Crippen molar-refractivity contribution in [1.29, 1.82) is 0 Å². The molecule has 100 valence electrons. The van der Waals surface area contributed by atoms with Crippen molar-refractivity contribution in [3.8, 4) is 0 Å². The Hall–Kier alpha value is -0.0800. The minimum Gasteiger partial charge on any atom is -0.396 e. The van der Waals surface area contributed by atoms with Crippen LogP contribution >= 0.6 is 0 Å². The Bertz CT molecular complexity index is 213. The van der Waals surface area contributed by atoms with Gasteiger partial charge in [0.15, 0.2) is 0 Å². The van der Waals surface area contributed by atoms with Gasteiger partial charge in [0.1, 0.15) is 0 Å². The van der Waals surface area contributed by atoms with Crippen molar-refractivity contribution in [2.45, 2.75) is 64.3 Å². The summed E-state index contributed by atoms with van der Waals surface area (Å²) in [6.07, 6.45) is 11.4. The summed E-state index contributed by atoms with van der Waals surface area (Å²) in [5.41, 5.74) is 0. The Morgan fingerprint density at radius 3 is 2.65 bits per heavy atom. The summed E-state index contributed by atoms with van der Waals surface area (Å²) in [4.78, 5) is 2.64. The predicted octanol–water partition coefficient (Wildman–Crippen LogP) is 3.05. The second kappa shape index (κ2) is 6.75. The fourth-order valence-electron chi connectivity index (χ4n) is 3.66. The highest BCUT2D eigenvalue weighted by molar-refractivity contribution is 4.91. The van der Waals surface area contributed by atoms with Crippen LogP contribution in [-0.4, -0.2) is 35.7 Å². The lowest BCUT2D eigenvalue weighted by molar-refractivity contribution is 0.00525. The van der Waals surface area contributed by atoms with E-state index in [1.165, 1.54) is 51.4 Å². The second-order valence-electron chi connectivity index (χ2n) is 6.11. The van der Waals surface area contributed by atoms with E-state index in [9.17, 15) is 0 Å². The summed E-state index contributed by atoms with van der Waals surface area (Å²) in [5.74, 6) is 1.54. The number of likely N-dealkylation sites (tertiary alicyclic amines) is 1. The number of rotatable bonds is 7. The molecule has 2 nitrogen and oxygen atoms in total. The first-order valence-electron chi connectivity index (χ1n) is 7.70. The molecule has 2 atom stereocenters. The fraction of sp³-hybridized carbons (Fsp3) is 1.00. The molecule has 0 aromatic carbocycles. The normalized spacial score (nSPS) is 30.7. The number of hydrogen-bond donors (Lipinski definition) is 1. The third-order valence-corrected chi connectivity index (χ3v) is 4.76. The molecule has 0 aromatic rings. The van der Waals surface area contributed by atoms with Gasteiger partial charge in [0.05, 0.1) is 0 Å². The zero-order valence-electron chi connectivity index (χ0n) is 11.4. The van der Waals surface area contributed by atoms with E-state index < -0.39 is 0 Å². The number of aliphatic hydroxyl groups is 1. The van der Waals surface area contributed by atoms with Gasteiger partial charge in [-0.05, 0) is 25.2 Å². The third-order valence-electron chi connectivity index (χ3n) is 4.76. The van der Waals surface area contributed by atoms with Crippen LogP contribution in [0.3, 0.4) is 0 Å². The van der Waals surface area contributed by atoms with Crippen molar-refractivity contribution in [3.63, 3.8) is 0 Å². The first kappa shape index (κ1) is 13.4. The Morgan fingerprint density at radius 1 is 1.12 bits per heavy atom. The van der Waals surface area contributed by atoms with Crippen molar-refractivity contribution in [2.24, 2.45) is 11.8 Å². The second-order valence-corrected chi connectivity index (χ2v) is 6.11. The van der Waals surface area contributed by atoms with Crippen LogP contribution in [0.4, 0.5) is 0 Å². The largest absolute Gasteiger partial charge is 0.396 e. The molecule has 0 spiro atoms. The molecule has 2 heteroatoms. The predicted molar refractivity (Wildman–Crippen MR) is 72.0 cm³/mol. The van der Waals surface area contributed by atoms with E-state index in [0.29, 0.717) is 12.5 Å². The van der Waals surface area contributed by atoms with Crippen molar-refractivity contribution in [2.75, 3.05) is 19.7 Å². The van der Waals surface area contributed by atoms with E-state index in [1.807, 2.05) is 0 Å². The number of unbranched alkanes of at least 4 members (excludes halogenated alkanes) is 3. The lowest BCUT2D eigenvalue weighted by Crippen LogP contribution is -2.54. The van der Waals surface area contributed by atoms with Crippen LogP contribution in [-0.2, 0) is 0 Å². The van der Waals surface area contributed by atoms with Gasteiger partial charge in [-0.1, -0.05) is 39.0 Å². The van der Waals surface area contributed by atoms with E-state index in [1.54, 1.807) is 0 Å². The van der Waals surface area contributed by atoms with Gasteiger partial charge in [0.2, 0.25) is 0 Å². The van der Waals surface area contributed by atoms with Crippen LogP contribution in [0.2, 0.25) is 0 Å². The van der Waals surface area contributed by atoms with Crippen LogP contribution in [0.15, 0.2) is 0 Å². The number of aliphatic hydroxyl groups excluding tert-OH is 1. The van der Waals surface area contributed by atoms with Crippen molar-refractivity contribution in [1.82, 2.24) is 4.90 Å². The molecule has 17 heavy (non-hydrogen) atoms. The average Bonchev–Trinajstić information content (AvgIpc) is 2.72. The van der Waals surface area contributed by atoms with Gasteiger partial charge in [-0.15, -0.1) is 0 Å². The number of hydrogen-bond acceptors (Lipinski definition) is 2. The Labute approximate surface area is 106 Å². The SMILES string of the molecule is CCCCCC[C@H]1CCC[C@H]1N1CC(CO)C1. The molecular formula is C15H29NO. The minimum atomic E-state index is 0.393. The Kier molecular flexibility index (Phi) is 5.30. The molecule has 2 aliphatic rings. The van der Waals surface area contributed by atoms with Crippen LogP contribution in [0.25, 0.3) is 0 Å². The minimum absolute atomic E-state index is 0.393. The summed E-state index contributed by atoms with van der Waals surface area (Å²) >= 11 is 0. The van der Waals surface area contributed by atoms with Crippen LogP contribution in [0.5, 0.6) is 0 Å². The maximum atomic E-state index is 9.09. The fourth-order valence-corrected chi connectivity index (χ4v) is 3.66. The van der Waals surface area contributed by atoms with Crippen LogP contribution in [0, 0.1) is 11.8 Å². The van der Waals surface area contributed by atoms with Crippen LogP contribution in [0.1, 0.15) is 58.3 Å². The average molecular weight is 239 g/mol. The van der Waals surface area contributed by atoms with Crippen LogP contribution < -0.4 is 0 Å². The molecule has 2 fully saturated rings. The molecule has 1 saturated heterocycles. The molecule has 1 aliphatic heterocycles. The molecule has 0 radical (unpaired) electrons. The topological polar surface area (TPSA) is 23.5 Å². The third kappa shape index (κ3) is 3.45. The highest BCUT2D eigenvalue weighted by Gasteiger charge is 2.37.